The van der Waals surface area contributed by atoms with Gasteiger partial charge in [-0.15, -0.1) is 0 Å². The summed E-state index contributed by atoms with van der Waals surface area (Å²) in [6.07, 6.45) is 0. The average Bonchev–Trinajstić information content (AvgIpc) is 2.36. The number of nitriles is 1. The van der Waals surface area contributed by atoms with Gasteiger partial charge in [0.2, 0.25) is 0 Å². The highest BCUT2D eigenvalue weighted by Gasteiger charge is 2.06. The Labute approximate surface area is 107 Å². The van der Waals surface area contributed by atoms with Crippen LogP contribution >= 0.6 is 0 Å². The lowest BCUT2D eigenvalue weighted by Gasteiger charge is -2.07. The summed E-state index contributed by atoms with van der Waals surface area (Å²) in [6, 6.07) is 8.45. The first kappa shape index (κ1) is 13.0. The molecular weight excluding hydrogens is 255 g/mol. The van der Waals surface area contributed by atoms with Gasteiger partial charge in [0.05, 0.1) is 11.6 Å². The first-order valence-electron chi connectivity index (χ1n) is 5.36. The van der Waals surface area contributed by atoms with Gasteiger partial charge in [0.1, 0.15) is 18.2 Å². The van der Waals surface area contributed by atoms with E-state index in [0.717, 1.165) is 24.3 Å². The fraction of sp³-hybridized carbons (Fsp3) is 0.0714. The summed E-state index contributed by atoms with van der Waals surface area (Å²) in [4.78, 5) is 0. The summed E-state index contributed by atoms with van der Waals surface area (Å²) < 4.78 is 44.4. The molecule has 2 aromatic rings. The van der Waals surface area contributed by atoms with Gasteiger partial charge >= 0.3 is 0 Å². The van der Waals surface area contributed by atoms with E-state index in [-0.39, 0.29) is 23.5 Å². The molecule has 0 spiro atoms. The van der Waals surface area contributed by atoms with Crippen LogP contribution in [0.5, 0.6) is 5.75 Å². The molecule has 0 heterocycles. The van der Waals surface area contributed by atoms with Crippen LogP contribution in [0.3, 0.4) is 0 Å². The molecule has 0 saturated carbocycles. The van der Waals surface area contributed by atoms with E-state index < -0.39 is 17.5 Å². The lowest BCUT2D eigenvalue weighted by atomic mass is 10.2. The Balaban J connectivity index is 2.12. The maximum atomic E-state index is 13.5. The number of nitrogens with zero attached hydrogens (tertiary/aromatic N) is 1. The number of ether oxygens (including phenoxy) is 1. The summed E-state index contributed by atoms with van der Waals surface area (Å²) >= 11 is 0. The SMILES string of the molecule is N#Cc1ccc(OCc2cc(F)cc(F)c2)c(F)c1. The third-order valence-corrected chi connectivity index (χ3v) is 2.38. The normalized spacial score (nSPS) is 10.0. The van der Waals surface area contributed by atoms with E-state index in [1.807, 2.05) is 0 Å². The standard InChI is InChI=1S/C14H8F3NO/c15-11-3-10(4-12(16)6-11)8-19-14-2-1-9(7-18)5-13(14)17/h1-6H,8H2. The summed E-state index contributed by atoms with van der Waals surface area (Å²) in [5, 5.41) is 8.58. The highest BCUT2D eigenvalue weighted by Crippen LogP contribution is 2.19. The molecule has 5 heteroatoms. The molecule has 0 saturated heterocycles. The van der Waals surface area contributed by atoms with Crippen molar-refractivity contribution in [2.24, 2.45) is 0 Å². The van der Waals surface area contributed by atoms with Crippen LogP contribution in [0.4, 0.5) is 13.2 Å². The van der Waals surface area contributed by atoms with E-state index in [1.54, 1.807) is 6.07 Å². The maximum Gasteiger partial charge on any atom is 0.166 e. The Morgan fingerprint density at radius 1 is 1.00 bits per heavy atom. The van der Waals surface area contributed by atoms with Crippen molar-refractivity contribution in [3.63, 3.8) is 0 Å². The number of hydrogen-bond acceptors (Lipinski definition) is 2. The van der Waals surface area contributed by atoms with Gasteiger partial charge in [0.15, 0.2) is 11.6 Å². The van der Waals surface area contributed by atoms with Crippen LogP contribution in [-0.4, -0.2) is 0 Å². The predicted octanol–water partition coefficient (Wildman–Crippen LogP) is 3.55. The highest BCUT2D eigenvalue weighted by atomic mass is 19.1. The molecule has 19 heavy (non-hydrogen) atoms. The number of benzene rings is 2. The Hall–Kier alpha value is -2.48. The third kappa shape index (κ3) is 3.26. The van der Waals surface area contributed by atoms with Gasteiger partial charge < -0.3 is 4.74 Å². The first-order valence-corrected chi connectivity index (χ1v) is 5.36. The maximum absolute atomic E-state index is 13.5. The Kier molecular flexibility index (Phi) is 3.71. The fourth-order valence-electron chi connectivity index (χ4n) is 1.54. The minimum absolute atomic E-state index is 0.0799. The van der Waals surface area contributed by atoms with Crippen molar-refractivity contribution < 1.29 is 17.9 Å². The van der Waals surface area contributed by atoms with Crippen molar-refractivity contribution in [1.82, 2.24) is 0 Å². The van der Waals surface area contributed by atoms with E-state index >= 15 is 0 Å². The molecule has 0 aromatic heterocycles. The van der Waals surface area contributed by atoms with Crippen LogP contribution in [0.15, 0.2) is 36.4 Å². The number of rotatable bonds is 3. The zero-order valence-corrected chi connectivity index (χ0v) is 9.66. The smallest absolute Gasteiger partial charge is 0.166 e. The van der Waals surface area contributed by atoms with Crippen LogP contribution in [0.2, 0.25) is 0 Å². The zero-order chi connectivity index (χ0) is 13.8. The molecule has 0 radical (unpaired) electrons. The first-order chi connectivity index (χ1) is 9.08. The Morgan fingerprint density at radius 2 is 1.68 bits per heavy atom. The van der Waals surface area contributed by atoms with Gasteiger partial charge in [-0.3, -0.25) is 0 Å². The van der Waals surface area contributed by atoms with Crippen molar-refractivity contribution in [2.75, 3.05) is 0 Å². The molecule has 0 fully saturated rings. The van der Waals surface area contributed by atoms with Crippen LogP contribution < -0.4 is 4.74 Å². The number of hydrogen-bond donors (Lipinski definition) is 0. The van der Waals surface area contributed by atoms with Gasteiger partial charge in [0, 0.05) is 6.07 Å². The summed E-state index contributed by atoms with van der Waals surface area (Å²) in [5.74, 6) is -2.22. The van der Waals surface area contributed by atoms with Gasteiger partial charge in [-0.2, -0.15) is 5.26 Å². The molecule has 0 bridgehead atoms. The third-order valence-electron chi connectivity index (χ3n) is 2.38. The second-order valence-electron chi connectivity index (χ2n) is 3.82. The molecule has 0 N–H and O–H groups in total. The van der Waals surface area contributed by atoms with Crippen LogP contribution in [-0.2, 0) is 6.61 Å². The summed E-state index contributed by atoms with van der Waals surface area (Å²) in [6.45, 7) is -0.169. The van der Waals surface area contributed by atoms with Crippen LogP contribution in [0.1, 0.15) is 11.1 Å². The van der Waals surface area contributed by atoms with Crippen molar-refractivity contribution >= 4 is 0 Å². The van der Waals surface area contributed by atoms with Crippen LogP contribution in [0.25, 0.3) is 0 Å². The topological polar surface area (TPSA) is 33.0 Å². The molecular formula is C14H8F3NO. The molecule has 0 aliphatic rings. The zero-order valence-electron chi connectivity index (χ0n) is 9.66. The van der Waals surface area contributed by atoms with Crippen molar-refractivity contribution in [1.29, 1.82) is 5.26 Å². The minimum Gasteiger partial charge on any atom is -0.486 e. The monoisotopic (exact) mass is 263 g/mol. The second-order valence-corrected chi connectivity index (χ2v) is 3.82. The highest BCUT2D eigenvalue weighted by molar-refractivity contribution is 5.36. The van der Waals surface area contributed by atoms with E-state index in [4.69, 9.17) is 10.00 Å². The molecule has 2 nitrogen and oxygen atoms in total. The van der Waals surface area contributed by atoms with Crippen LogP contribution in [0, 0.1) is 28.8 Å². The van der Waals surface area contributed by atoms with Gasteiger partial charge in [-0.1, -0.05) is 0 Å². The van der Waals surface area contributed by atoms with Gasteiger partial charge in [0.25, 0.3) is 0 Å². The second kappa shape index (κ2) is 5.44. The fourth-order valence-corrected chi connectivity index (χ4v) is 1.54. The molecule has 0 unspecified atom stereocenters. The van der Waals surface area contributed by atoms with E-state index in [0.29, 0.717) is 0 Å². The van der Waals surface area contributed by atoms with Gasteiger partial charge in [-0.05, 0) is 35.9 Å². The largest absolute Gasteiger partial charge is 0.486 e. The molecule has 0 amide bonds. The van der Waals surface area contributed by atoms with E-state index in [2.05, 4.69) is 0 Å². The predicted molar refractivity (Wildman–Crippen MR) is 61.8 cm³/mol. The molecule has 2 aromatic carbocycles. The Bertz CT molecular complexity index is 629. The lowest BCUT2D eigenvalue weighted by Crippen LogP contribution is -1.99. The quantitative estimate of drug-likeness (QED) is 0.848. The molecule has 0 aliphatic heterocycles. The van der Waals surface area contributed by atoms with Gasteiger partial charge in [-0.25, -0.2) is 13.2 Å². The van der Waals surface area contributed by atoms with Crippen molar-refractivity contribution in [3.05, 3.63) is 65.0 Å². The lowest BCUT2D eigenvalue weighted by molar-refractivity contribution is 0.289. The number of halogens is 3. The van der Waals surface area contributed by atoms with Crippen molar-refractivity contribution in [2.45, 2.75) is 6.61 Å². The van der Waals surface area contributed by atoms with E-state index in [9.17, 15) is 13.2 Å². The van der Waals surface area contributed by atoms with E-state index in [1.165, 1.54) is 12.1 Å². The summed E-state index contributed by atoms with van der Waals surface area (Å²) in [5.41, 5.74) is 0.419. The average molecular weight is 263 g/mol. The molecule has 0 atom stereocenters. The molecule has 0 aliphatic carbocycles. The Morgan fingerprint density at radius 3 is 2.26 bits per heavy atom. The van der Waals surface area contributed by atoms with Crippen molar-refractivity contribution in [3.8, 4) is 11.8 Å². The summed E-state index contributed by atoms with van der Waals surface area (Å²) in [7, 11) is 0. The molecule has 2 rings (SSSR count). The molecule has 96 valence electrons. The minimum atomic E-state index is -0.723.